The SMILES string of the molecule is COc1cc2nc(-c3ccc(N4CCN(C)CC4)cc3)nc(NCCN3CCOCC3)c2cc1OC.O=C(O)/C=C/C(=O)O. The normalized spacial score (nSPS) is 15.9. The van der Waals surface area contributed by atoms with Crippen molar-refractivity contribution in [3.8, 4) is 22.9 Å². The number of hydrogen-bond donors (Lipinski definition) is 3. The number of benzene rings is 2. The third-order valence-corrected chi connectivity index (χ3v) is 7.39. The van der Waals surface area contributed by atoms with Crippen LogP contribution < -0.4 is 19.7 Å². The highest BCUT2D eigenvalue weighted by molar-refractivity contribution is 5.93. The molecule has 236 valence electrons. The summed E-state index contributed by atoms with van der Waals surface area (Å²) in [5.41, 5.74) is 3.04. The molecular weight excluding hydrogens is 568 g/mol. The lowest BCUT2D eigenvalue weighted by Gasteiger charge is -2.34. The highest BCUT2D eigenvalue weighted by Crippen LogP contribution is 2.35. The van der Waals surface area contributed by atoms with Crippen molar-refractivity contribution in [3.05, 3.63) is 48.6 Å². The quantitative estimate of drug-likeness (QED) is 0.290. The second kappa shape index (κ2) is 15.8. The summed E-state index contributed by atoms with van der Waals surface area (Å²) < 4.78 is 16.6. The molecule has 0 saturated carbocycles. The Morgan fingerprint density at radius 1 is 0.909 bits per heavy atom. The number of morpholine rings is 1. The molecule has 0 radical (unpaired) electrons. The number of nitrogens with one attached hydrogen (secondary N) is 1. The van der Waals surface area contributed by atoms with E-state index >= 15 is 0 Å². The largest absolute Gasteiger partial charge is 0.493 e. The van der Waals surface area contributed by atoms with Gasteiger partial charge in [-0.25, -0.2) is 19.6 Å². The van der Waals surface area contributed by atoms with Gasteiger partial charge in [0.25, 0.3) is 0 Å². The lowest BCUT2D eigenvalue weighted by Crippen LogP contribution is -2.44. The average molecular weight is 609 g/mol. The summed E-state index contributed by atoms with van der Waals surface area (Å²) in [6.45, 7) is 9.47. The van der Waals surface area contributed by atoms with E-state index in [9.17, 15) is 9.59 Å². The monoisotopic (exact) mass is 608 g/mol. The summed E-state index contributed by atoms with van der Waals surface area (Å²) in [7, 11) is 5.46. The maximum atomic E-state index is 9.55. The first-order chi connectivity index (χ1) is 21.3. The third kappa shape index (κ3) is 9.02. The second-order valence-electron chi connectivity index (χ2n) is 10.3. The lowest BCUT2D eigenvalue weighted by atomic mass is 10.1. The summed E-state index contributed by atoms with van der Waals surface area (Å²) in [5, 5.41) is 20.1. The Labute approximate surface area is 256 Å². The van der Waals surface area contributed by atoms with Gasteiger partial charge in [0.1, 0.15) is 5.82 Å². The van der Waals surface area contributed by atoms with Gasteiger partial charge in [-0.15, -0.1) is 0 Å². The standard InChI is InChI=1S/C27H36N6O3.C4H4O4/c1-31-10-12-33(13-11-31)21-6-4-20(5-7-21)26-29-23-19-25(35-3)24(34-2)18-22(23)27(30-26)28-8-9-32-14-16-36-17-15-32;5-3(6)1-2-4(7)8/h4-7,18-19H,8-17H2,1-3H3,(H,28,29,30);1-2H,(H,5,6)(H,7,8)/b;2-1+. The Balaban J connectivity index is 0.000000488. The van der Waals surface area contributed by atoms with Gasteiger partial charge in [0.15, 0.2) is 17.3 Å². The van der Waals surface area contributed by atoms with Crippen LogP contribution >= 0.6 is 0 Å². The first-order valence-corrected chi connectivity index (χ1v) is 14.4. The van der Waals surface area contributed by atoms with Gasteiger partial charge in [-0.1, -0.05) is 0 Å². The van der Waals surface area contributed by atoms with Crippen molar-refractivity contribution >= 4 is 34.3 Å². The van der Waals surface area contributed by atoms with Crippen LogP contribution in [-0.4, -0.2) is 129 Å². The van der Waals surface area contributed by atoms with Crippen molar-refractivity contribution in [2.45, 2.75) is 0 Å². The molecule has 1 aromatic heterocycles. The van der Waals surface area contributed by atoms with Gasteiger partial charge in [0, 0.05) is 87.2 Å². The van der Waals surface area contributed by atoms with Gasteiger partial charge in [-0.2, -0.15) is 0 Å². The topological polar surface area (TPSA) is 150 Å². The average Bonchev–Trinajstić information content (AvgIpc) is 3.04. The van der Waals surface area contributed by atoms with Gasteiger partial charge in [-0.3, -0.25) is 4.90 Å². The van der Waals surface area contributed by atoms with Gasteiger partial charge >= 0.3 is 11.9 Å². The molecule has 2 aliphatic rings. The smallest absolute Gasteiger partial charge is 0.328 e. The minimum Gasteiger partial charge on any atom is -0.493 e. The number of fused-ring (bicyclic) bond motifs is 1. The molecule has 3 N–H and O–H groups in total. The van der Waals surface area contributed by atoms with Crippen LogP contribution in [0.25, 0.3) is 22.3 Å². The number of carboxylic acids is 2. The Morgan fingerprint density at radius 2 is 1.52 bits per heavy atom. The number of carbonyl (C=O) groups is 2. The second-order valence-corrected chi connectivity index (χ2v) is 10.3. The van der Waals surface area contributed by atoms with Gasteiger partial charge in [0.05, 0.1) is 33.0 Å². The molecule has 2 aliphatic heterocycles. The Kier molecular flexibility index (Phi) is 11.7. The Bertz CT molecular complexity index is 1420. The number of anilines is 2. The van der Waals surface area contributed by atoms with Crippen LogP contribution in [0.15, 0.2) is 48.6 Å². The molecule has 0 bridgehead atoms. The van der Waals surface area contributed by atoms with E-state index in [1.165, 1.54) is 5.69 Å². The number of hydrogen-bond acceptors (Lipinski definition) is 11. The van der Waals surface area contributed by atoms with E-state index in [4.69, 9.17) is 34.4 Å². The number of likely N-dealkylation sites (N-methyl/N-ethyl adjacent to an activating group) is 1. The zero-order valence-corrected chi connectivity index (χ0v) is 25.4. The molecule has 3 heterocycles. The number of aliphatic carboxylic acids is 2. The van der Waals surface area contributed by atoms with Crippen molar-refractivity contribution in [1.29, 1.82) is 0 Å². The van der Waals surface area contributed by atoms with Crippen LogP contribution in [0.2, 0.25) is 0 Å². The van der Waals surface area contributed by atoms with Crippen molar-refractivity contribution in [2.75, 3.05) is 97.1 Å². The zero-order valence-electron chi connectivity index (χ0n) is 25.4. The van der Waals surface area contributed by atoms with Gasteiger partial charge < -0.3 is 39.5 Å². The molecular formula is C31H40N6O7. The van der Waals surface area contributed by atoms with E-state index in [1.54, 1.807) is 14.2 Å². The highest BCUT2D eigenvalue weighted by Gasteiger charge is 2.17. The van der Waals surface area contributed by atoms with Crippen LogP contribution in [0.4, 0.5) is 11.5 Å². The summed E-state index contributed by atoms with van der Waals surface area (Å²) in [6, 6.07) is 12.5. The maximum absolute atomic E-state index is 9.55. The van der Waals surface area contributed by atoms with Crippen LogP contribution in [0.1, 0.15) is 0 Å². The van der Waals surface area contributed by atoms with Crippen LogP contribution in [0.5, 0.6) is 11.5 Å². The summed E-state index contributed by atoms with van der Waals surface area (Å²) in [4.78, 5) is 36.2. The molecule has 5 rings (SSSR count). The third-order valence-electron chi connectivity index (χ3n) is 7.39. The van der Waals surface area contributed by atoms with Crippen molar-refractivity contribution in [1.82, 2.24) is 19.8 Å². The fraction of sp³-hybridized carbons (Fsp3) is 0.419. The van der Waals surface area contributed by atoms with E-state index in [-0.39, 0.29) is 0 Å². The number of piperazine rings is 1. The first-order valence-electron chi connectivity index (χ1n) is 14.4. The molecule has 2 aromatic carbocycles. The number of ether oxygens (including phenoxy) is 3. The fourth-order valence-electron chi connectivity index (χ4n) is 4.91. The molecule has 0 atom stereocenters. The molecule has 13 nitrogen and oxygen atoms in total. The fourth-order valence-corrected chi connectivity index (χ4v) is 4.91. The number of methoxy groups -OCH3 is 2. The van der Waals surface area contributed by atoms with E-state index < -0.39 is 11.9 Å². The minimum atomic E-state index is -1.26. The molecule has 3 aromatic rings. The molecule has 0 unspecified atom stereocenters. The molecule has 0 spiro atoms. The number of aromatic nitrogens is 2. The lowest BCUT2D eigenvalue weighted by molar-refractivity contribution is -0.134. The van der Waals surface area contributed by atoms with Crippen molar-refractivity contribution < 1.29 is 34.0 Å². The van der Waals surface area contributed by atoms with Crippen LogP contribution in [0, 0.1) is 0 Å². The predicted molar refractivity (Wildman–Crippen MR) is 168 cm³/mol. The zero-order chi connectivity index (χ0) is 31.5. The highest BCUT2D eigenvalue weighted by atomic mass is 16.5. The van der Waals surface area contributed by atoms with E-state index in [0.29, 0.717) is 29.5 Å². The molecule has 0 aliphatic carbocycles. The predicted octanol–water partition coefficient (Wildman–Crippen LogP) is 2.52. The molecule has 2 saturated heterocycles. The van der Waals surface area contributed by atoms with E-state index in [1.807, 2.05) is 12.1 Å². The molecule has 0 amide bonds. The van der Waals surface area contributed by atoms with Crippen molar-refractivity contribution in [3.63, 3.8) is 0 Å². The summed E-state index contributed by atoms with van der Waals surface area (Å²) in [5.74, 6) is 0.286. The number of rotatable bonds is 10. The van der Waals surface area contributed by atoms with E-state index in [2.05, 4.69) is 51.3 Å². The Morgan fingerprint density at radius 3 is 2.11 bits per heavy atom. The van der Waals surface area contributed by atoms with Crippen LogP contribution in [-0.2, 0) is 14.3 Å². The van der Waals surface area contributed by atoms with E-state index in [0.717, 1.165) is 87.9 Å². The van der Waals surface area contributed by atoms with Gasteiger partial charge in [0.2, 0.25) is 0 Å². The van der Waals surface area contributed by atoms with Gasteiger partial charge in [-0.05, 0) is 37.4 Å². The summed E-state index contributed by atoms with van der Waals surface area (Å²) >= 11 is 0. The first kappa shape index (κ1) is 32.5. The minimum absolute atomic E-state index is 0.558. The van der Waals surface area contributed by atoms with Crippen LogP contribution in [0.3, 0.4) is 0 Å². The molecule has 2 fully saturated rings. The molecule has 13 heteroatoms. The maximum Gasteiger partial charge on any atom is 0.328 e. The summed E-state index contributed by atoms with van der Waals surface area (Å²) in [6.07, 6.45) is 1.12. The van der Waals surface area contributed by atoms with Crippen molar-refractivity contribution in [2.24, 2.45) is 0 Å². The number of carboxylic acid groups (broad SMARTS) is 2. The Hall–Kier alpha value is -4.46. The molecule has 44 heavy (non-hydrogen) atoms. The number of nitrogens with zero attached hydrogens (tertiary/aromatic N) is 5.